The van der Waals surface area contributed by atoms with Gasteiger partial charge in [-0.15, -0.1) is 0 Å². The molecule has 0 unspecified atom stereocenters. The number of halogens is 1. The minimum absolute atomic E-state index is 0. The van der Waals surface area contributed by atoms with E-state index in [1.807, 2.05) is 18.2 Å². The van der Waals surface area contributed by atoms with Crippen molar-refractivity contribution < 1.29 is 0 Å². The van der Waals surface area contributed by atoms with E-state index in [1.165, 1.54) is 0 Å². The van der Waals surface area contributed by atoms with Crippen LogP contribution in [0.25, 0.3) is 10.8 Å². The van der Waals surface area contributed by atoms with Gasteiger partial charge in [0, 0.05) is 21.4 Å². The molecule has 59 valence electrons. The van der Waals surface area contributed by atoms with Crippen molar-refractivity contribution in [1.82, 2.24) is 16.3 Å². The van der Waals surface area contributed by atoms with Crippen LogP contribution in [0.1, 0.15) is 0 Å². The van der Waals surface area contributed by atoms with Crippen LogP contribution in [0.15, 0.2) is 35.1 Å². The molecule has 0 saturated heterocycles. The maximum absolute atomic E-state index is 3.78. The van der Waals surface area contributed by atoms with Gasteiger partial charge < -0.3 is 0 Å². The summed E-state index contributed by atoms with van der Waals surface area (Å²) < 4.78 is 1.07. The summed E-state index contributed by atoms with van der Waals surface area (Å²) in [5, 5.41) is 9.78. The first-order valence-corrected chi connectivity index (χ1v) is 4.01. The molecule has 0 aliphatic carbocycles. The summed E-state index contributed by atoms with van der Waals surface area (Å²) in [5.74, 6) is 0. The lowest BCUT2D eigenvalue weighted by atomic mass is 10.2. The van der Waals surface area contributed by atoms with Crippen LogP contribution in [0.2, 0.25) is 0 Å². The Morgan fingerprint density at radius 1 is 1.00 bits per heavy atom. The number of aromatic nitrogens is 2. The van der Waals surface area contributed by atoms with E-state index in [-0.39, 0.29) is 6.15 Å². The Labute approximate surface area is 78.5 Å². The SMILES string of the molecule is Brc1ccc2cnncc2c1.[N]. The lowest BCUT2D eigenvalue weighted by Crippen LogP contribution is -1.79. The van der Waals surface area contributed by atoms with Gasteiger partial charge in [0.15, 0.2) is 0 Å². The van der Waals surface area contributed by atoms with Crippen molar-refractivity contribution in [3.8, 4) is 0 Å². The van der Waals surface area contributed by atoms with E-state index in [4.69, 9.17) is 0 Å². The molecule has 3 radical (unpaired) electrons. The van der Waals surface area contributed by atoms with Gasteiger partial charge in [-0.2, -0.15) is 10.2 Å². The molecule has 0 amide bonds. The van der Waals surface area contributed by atoms with E-state index in [0.717, 1.165) is 15.2 Å². The van der Waals surface area contributed by atoms with Crippen LogP contribution in [0.5, 0.6) is 0 Å². The number of hydrogen-bond acceptors (Lipinski definition) is 2. The van der Waals surface area contributed by atoms with Crippen molar-refractivity contribution in [1.29, 1.82) is 0 Å². The van der Waals surface area contributed by atoms with Crippen molar-refractivity contribution in [2.75, 3.05) is 0 Å². The van der Waals surface area contributed by atoms with Gasteiger partial charge in [-0.1, -0.05) is 22.0 Å². The van der Waals surface area contributed by atoms with Crippen LogP contribution in [0, 0.1) is 0 Å². The van der Waals surface area contributed by atoms with E-state index in [2.05, 4.69) is 26.1 Å². The predicted octanol–water partition coefficient (Wildman–Crippen LogP) is 1.91. The number of rotatable bonds is 0. The van der Waals surface area contributed by atoms with E-state index in [0.29, 0.717) is 0 Å². The minimum atomic E-state index is 0. The summed E-state index contributed by atoms with van der Waals surface area (Å²) in [6.07, 6.45) is 3.50. The Morgan fingerprint density at radius 2 is 1.67 bits per heavy atom. The smallest absolute Gasteiger partial charge is 0.0575 e. The summed E-state index contributed by atoms with van der Waals surface area (Å²) in [7, 11) is 0. The molecule has 0 saturated carbocycles. The second kappa shape index (κ2) is 3.60. The molecule has 0 spiro atoms. The normalized spacial score (nSPS) is 9.42. The number of fused-ring (bicyclic) bond motifs is 1. The fraction of sp³-hybridized carbons (Fsp3) is 0. The average Bonchev–Trinajstić information content (AvgIpc) is 2.04. The van der Waals surface area contributed by atoms with E-state index >= 15 is 0 Å². The van der Waals surface area contributed by atoms with Gasteiger partial charge in [0.2, 0.25) is 0 Å². The Kier molecular flexibility index (Phi) is 2.73. The zero-order chi connectivity index (χ0) is 7.68. The first-order chi connectivity index (χ1) is 5.36. The fourth-order valence-corrected chi connectivity index (χ4v) is 1.34. The van der Waals surface area contributed by atoms with Gasteiger partial charge in [-0.3, -0.25) is 0 Å². The van der Waals surface area contributed by atoms with Crippen molar-refractivity contribution in [2.45, 2.75) is 0 Å². The molecule has 0 aliphatic rings. The maximum atomic E-state index is 3.78. The summed E-state index contributed by atoms with van der Waals surface area (Å²) in [4.78, 5) is 0. The second-order valence-electron chi connectivity index (χ2n) is 2.26. The monoisotopic (exact) mass is 222 g/mol. The molecular weight excluding hydrogens is 218 g/mol. The molecule has 1 heterocycles. The Hall–Kier alpha value is -1.00. The second-order valence-corrected chi connectivity index (χ2v) is 3.18. The topological polar surface area (TPSA) is 56.3 Å². The standard InChI is InChI=1S/C8H5BrN2.N/c9-8-2-1-6-4-10-11-5-7(6)3-8;/h1-5H;. The van der Waals surface area contributed by atoms with E-state index < -0.39 is 0 Å². The molecule has 2 aromatic rings. The lowest BCUT2D eigenvalue weighted by Gasteiger charge is -1.94. The van der Waals surface area contributed by atoms with Gasteiger partial charge in [0.25, 0.3) is 0 Å². The molecule has 0 fully saturated rings. The first-order valence-electron chi connectivity index (χ1n) is 3.22. The van der Waals surface area contributed by atoms with Crippen molar-refractivity contribution in [3.05, 3.63) is 35.1 Å². The molecule has 12 heavy (non-hydrogen) atoms. The largest absolute Gasteiger partial charge is 0.158 e. The third-order valence-corrected chi connectivity index (χ3v) is 2.00. The molecule has 3 nitrogen and oxygen atoms in total. The third-order valence-electron chi connectivity index (χ3n) is 1.51. The molecule has 1 aromatic heterocycles. The highest BCUT2D eigenvalue weighted by atomic mass is 79.9. The van der Waals surface area contributed by atoms with Crippen molar-refractivity contribution >= 4 is 26.7 Å². The molecule has 0 N–H and O–H groups in total. The zero-order valence-corrected chi connectivity index (χ0v) is 7.69. The molecule has 0 aliphatic heterocycles. The molecule has 0 bridgehead atoms. The number of hydrogen-bond donors (Lipinski definition) is 0. The molecule has 1 aromatic carbocycles. The Morgan fingerprint density at radius 3 is 2.42 bits per heavy atom. The van der Waals surface area contributed by atoms with Gasteiger partial charge in [-0.05, 0) is 12.1 Å². The van der Waals surface area contributed by atoms with Crippen LogP contribution < -0.4 is 6.15 Å². The van der Waals surface area contributed by atoms with E-state index in [9.17, 15) is 0 Å². The van der Waals surface area contributed by atoms with Crippen molar-refractivity contribution in [2.24, 2.45) is 0 Å². The highest BCUT2D eigenvalue weighted by Gasteiger charge is 1.92. The third kappa shape index (κ3) is 1.60. The van der Waals surface area contributed by atoms with Crippen LogP contribution in [-0.4, -0.2) is 10.2 Å². The summed E-state index contributed by atoms with van der Waals surface area (Å²) >= 11 is 3.38. The highest BCUT2D eigenvalue weighted by Crippen LogP contribution is 2.17. The fourth-order valence-electron chi connectivity index (χ4n) is 0.966. The first kappa shape index (κ1) is 9.09. The highest BCUT2D eigenvalue weighted by molar-refractivity contribution is 9.10. The van der Waals surface area contributed by atoms with Crippen LogP contribution in [0.3, 0.4) is 0 Å². The van der Waals surface area contributed by atoms with Crippen molar-refractivity contribution in [3.63, 3.8) is 0 Å². The molecule has 4 heteroatoms. The molecular formula is C8H5BrN3. The molecule has 2 rings (SSSR count). The summed E-state index contributed by atoms with van der Waals surface area (Å²) in [5.41, 5.74) is 0. The van der Waals surface area contributed by atoms with Crippen LogP contribution >= 0.6 is 15.9 Å². The average molecular weight is 223 g/mol. The quantitative estimate of drug-likeness (QED) is 0.684. The Balaban J connectivity index is 0.000000720. The van der Waals surface area contributed by atoms with Crippen LogP contribution in [0.4, 0.5) is 0 Å². The minimum Gasteiger partial charge on any atom is -0.158 e. The molecule has 0 atom stereocenters. The summed E-state index contributed by atoms with van der Waals surface area (Å²) in [6, 6.07) is 6.02. The van der Waals surface area contributed by atoms with Gasteiger partial charge in [-0.25, -0.2) is 0 Å². The van der Waals surface area contributed by atoms with E-state index in [1.54, 1.807) is 12.4 Å². The lowest BCUT2D eigenvalue weighted by molar-refractivity contribution is 1.05. The Bertz CT molecular complexity index is 389. The van der Waals surface area contributed by atoms with Gasteiger partial charge in [0.05, 0.1) is 12.4 Å². The zero-order valence-electron chi connectivity index (χ0n) is 6.11. The van der Waals surface area contributed by atoms with Gasteiger partial charge >= 0.3 is 0 Å². The summed E-state index contributed by atoms with van der Waals surface area (Å²) in [6.45, 7) is 0. The number of benzene rings is 1. The van der Waals surface area contributed by atoms with Gasteiger partial charge in [0.1, 0.15) is 0 Å². The maximum Gasteiger partial charge on any atom is 0.0575 e. The number of nitrogens with zero attached hydrogens (tertiary/aromatic N) is 3. The predicted molar refractivity (Wildman–Crippen MR) is 49.4 cm³/mol. The van der Waals surface area contributed by atoms with Crippen LogP contribution in [-0.2, 0) is 0 Å².